The number of likely N-dealkylation sites (N-methyl/N-ethyl adjacent to an activating group) is 1. The van der Waals surface area contributed by atoms with Crippen LogP contribution in [0.5, 0.6) is 0 Å². The number of sulfonamides is 1. The summed E-state index contributed by atoms with van der Waals surface area (Å²) in [6, 6.07) is 2.97. The van der Waals surface area contributed by atoms with Crippen molar-refractivity contribution in [3.05, 3.63) is 18.4 Å². The number of primary amides is 1. The maximum Gasteiger partial charge on any atom is 0.276 e. The summed E-state index contributed by atoms with van der Waals surface area (Å²) < 4.78 is 32.0. The van der Waals surface area contributed by atoms with Gasteiger partial charge in [-0.25, -0.2) is 8.42 Å². The van der Waals surface area contributed by atoms with Crippen LogP contribution < -0.4 is 5.73 Å². The summed E-state index contributed by atoms with van der Waals surface area (Å²) in [7, 11) is -1.63. The topological polar surface area (TPSA) is 96.9 Å². The summed E-state index contributed by atoms with van der Waals surface area (Å²) in [6.45, 7) is 3.03. The number of hydrogen-bond donors (Lipinski definition) is 1. The number of carbonyl (C=O) groups is 1. The van der Waals surface area contributed by atoms with Gasteiger partial charge < -0.3 is 10.2 Å². The van der Waals surface area contributed by atoms with Gasteiger partial charge in [0.1, 0.15) is 0 Å². The van der Waals surface area contributed by atoms with Gasteiger partial charge in [0.15, 0.2) is 0 Å². The molecule has 2 fully saturated rings. The minimum Gasteiger partial charge on any atom is -0.452 e. The molecule has 0 spiro atoms. The molecule has 1 amide bonds. The largest absolute Gasteiger partial charge is 0.452 e. The number of amides is 1. The fourth-order valence-corrected chi connectivity index (χ4v) is 5.92. The SMILES string of the molecule is CCC[C@@H](C(N)=O)N(C)[C@H]1CC[C@@H]2CN(S(=O)(=O)c3ccco3)C[C@@H]21. The minimum atomic E-state index is -3.58. The first-order valence-electron chi connectivity index (χ1n) is 8.91. The van der Waals surface area contributed by atoms with Crippen molar-refractivity contribution in [3.63, 3.8) is 0 Å². The zero-order valence-electron chi connectivity index (χ0n) is 14.8. The molecule has 0 radical (unpaired) electrons. The first kappa shape index (κ1) is 18.4. The Morgan fingerprint density at radius 2 is 2.20 bits per heavy atom. The first-order valence-corrected chi connectivity index (χ1v) is 10.3. The van der Waals surface area contributed by atoms with E-state index >= 15 is 0 Å². The highest BCUT2D eigenvalue weighted by atomic mass is 32.2. The number of nitrogens with two attached hydrogens (primary N) is 1. The lowest BCUT2D eigenvalue weighted by atomic mass is 9.95. The molecule has 0 unspecified atom stereocenters. The maximum absolute atomic E-state index is 12.7. The summed E-state index contributed by atoms with van der Waals surface area (Å²) in [5, 5.41) is -0.00151. The van der Waals surface area contributed by atoms with E-state index in [2.05, 4.69) is 4.90 Å². The summed E-state index contributed by atoms with van der Waals surface area (Å²) in [5.74, 6) is 0.256. The van der Waals surface area contributed by atoms with Crippen LogP contribution >= 0.6 is 0 Å². The third kappa shape index (κ3) is 3.35. The predicted molar refractivity (Wildman–Crippen MR) is 93.1 cm³/mol. The van der Waals surface area contributed by atoms with E-state index in [0.717, 1.165) is 25.7 Å². The number of nitrogens with zero attached hydrogens (tertiary/aromatic N) is 2. The molecular formula is C17H27N3O4S. The van der Waals surface area contributed by atoms with Gasteiger partial charge in [-0.05, 0) is 50.3 Å². The van der Waals surface area contributed by atoms with Gasteiger partial charge in [-0.1, -0.05) is 13.3 Å². The highest BCUT2D eigenvalue weighted by Crippen LogP contribution is 2.42. The molecule has 2 heterocycles. The van der Waals surface area contributed by atoms with Gasteiger partial charge >= 0.3 is 0 Å². The summed E-state index contributed by atoms with van der Waals surface area (Å²) in [5.41, 5.74) is 5.59. The molecule has 8 heteroatoms. The Hall–Kier alpha value is -1.38. The van der Waals surface area contributed by atoms with Crippen molar-refractivity contribution in [2.45, 2.75) is 49.8 Å². The number of hydrogen-bond acceptors (Lipinski definition) is 5. The van der Waals surface area contributed by atoms with Crippen LogP contribution in [0, 0.1) is 11.8 Å². The van der Waals surface area contributed by atoms with Crippen molar-refractivity contribution in [1.29, 1.82) is 0 Å². The number of fused-ring (bicyclic) bond motifs is 1. The normalized spacial score (nSPS) is 28.4. The number of rotatable bonds is 7. The van der Waals surface area contributed by atoms with Crippen molar-refractivity contribution in [2.24, 2.45) is 17.6 Å². The molecule has 1 saturated carbocycles. The Bertz CT molecular complexity index is 703. The van der Waals surface area contributed by atoms with Gasteiger partial charge in [0, 0.05) is 19.1 Å². The molecule has 4 atom stereocenters. The molecule has 140 valence electrons. The Labute approximate surface area is 149 Å². The van der Waals surface area contributed by atoms with Crippen LogP contribution in [0.25, 0.3) is 0 Å². The lowest BCUT2D eigenvalue weighted by Gasteiger charge is -2.34. The first-order chi connectivity index (χ1) is 11.9. The second-order valence-electron chi connectivity index (χ2n) is 7.20. The Kier molecular flexibility index (Phi) is 5.22. The van der Waals surface area contributed by atoms with Gasteiger partial charge in [0.2, 0.25) is 11.0 Å². The van der Waals surface area contributed by atoms with E-state index in [1.54, 1.807) is 6.07 Å². The van der Waals surface area contributed by atoms with Gasteiger partial charge in [0.25, 0.3) is 10.0 Å². The molecule has 0 bridgehead atoms. The smallest absolute Gasteiger partial charge is 0.276 e. The average molecular weight is 369 g/mol. The van der Waals surface area contributed by atoms with E-state index in [4.69, 9.17) is 10.2 Å². The van der Waals surface area contributed by atoms with Crippen LogP contribution in [0.4, 0.5) is 0 Å². The van der Waals surface area contributed by atoms with Crippen molar-refractivity contribution in [3.8, 4) is 0 Å². The summed E-state index contributed by atoms with van der Waals surface area (Å²) in [6.07, 6.45) is 4.95. The molecule has 2 N–H and O–H groups in total. The van der Waals surface area contributed by atoms with Crippen LogP contribution in [0.3, 0.4) is 0 Å². The molecule has 0 aromatic carbocycles. The van der Waals surface area contributed by atoms with E-state index in [1.165, 1.54) is 16.6 Å². The van der Waals surface area contributed by atoms with Gasteiger partial charge in [0.05, 0.1) is 12.3 Å². The van der Waals surface area contributed by atoms with E-state index in [-0.39, 0.29) is 29.0 Å². The van der Waals surface area contributed by atoms with Gasteiger partial charge in [-0.15, -0.1) is 0 Å². The number of carbonyl (C=O) groups excluding carboxylic acids is 1. The van der Waals surface area contributed by atoms with Crippen LogP contribution in [-0.2, 0) is 14.8 Å². The van der Waals surface area contributed by atoms with Crippen molar-refractivity contribution >= 4 is 15.9 Å². The Morgan fingerprint density at radius 1 is 1.44 bits per heavy atom. The molecule has 3 rings (SSSR count). The van der Waals surface area contributed by atoms with Crippen LogP contribution in [0.15, 0.2) is 27.9 Å². The zero-order valence-corrected chi connectivity index (χ0v) is 15.6. The fourth-order valence-electron chi connectivity index (χ4n) is 4.49. The van der Waals surface area contributed by atoms with Crippen LogP contribution in [0.2, 0.25) is 0 Å². The monoisotopic (exact) mass is 369 g/mol. The molecule has 1 aliphatic carbocycles. The summed E-state index contributed by atoms with van der Waals surface area (Å²) in [4.78, 5) is 13.9. The second kappa shape index (κ2) is 7.09. The van der Waals surface area contributed by atoms with Gasteiger partial charge in [-0.3, -0.25) is 9.69 Å². The molecule has 2 aliphatic rings. The highest BCUT2D eigenvalue weighted by Gasteiger charge is 2.49. The van der Waals surface area contributed by atoms with E-state index in [0.29, 0.717) is 19.0 Å². The maximum atomic E-state index is 12.7. The van der Waals surface area contributed by atoms with Crippen molar-refractivity contribution in [1.82, 2.24) is 9.21 Å². The summed E-state index contributed by atoms with van der Waals surface area (Å²) >= 11 is 0. The Balaban J connectivity index is 1.74. The van der Waals surface area contributed by atoms with Crippen molar-refractivity contribution in [2.75, 3.05) is 20.1 Å². The molecule has 1 aromatic heterocycles. The Morgan fingerprint density at radius 3 is 2.80 bits per heavy atom. The highest BCUT2D eigenvalue weighted by molar-refractivity contribution is 7.89. The standard InChI is InChI=1S/C17H27N3O4S/c1-3-5-15(17(18)21)19(2)14-8-7-12-10-20(11-13(12)14)25(22,23)16-6-4-9-24-16/h4,6,9,12-15H,3,5,7-8,10-11H2,1-2H3,(H2,18,21)/t12-,13+,14+,15+/m1/s1. The van der Waals surface area contributed by atoms with Crippen LogP contribution in [0.1, 0.15) is 32.6 Å². The molecule has 1 saturated heterocycles. The third-order valence-electron chi connectivity index (χ3n) is 5.78. The quantitative estimate of drug-likeness (QED) is 0.780. The van der Waals surface area contributed by atoms with Gasteiger partial charge in [-0.2, -0.15) is 4.31 Å². The zero-order chi connectivity index (χ0) is 18.2. The molecule has 7 nitrogen and oxygen atoms in total. The lowest BCUT2D eigenvalue weighted by molar-refractivity contribution is -0.124. The third-order valence-corrected chi connectivity index (χ3v) is 7.50. The minimum absolute atomic E-state index is 0.00151. The molecule has 1 aromatic rings. The number of furan rings is 1. The lowest BCUT2D eigenvalue weighted by Crippen LogP contribution is -2.49. The molecular weight excluding hydrogens is 342 g/mol. The van der Waals surface area contributed by atoms with Crippen LogP contribution in [-0.4, -0.2) is 55.8 Å². The predicted octanol–water partition coefficient (Wildman–Crippen LogP) is 1.26. The van der Waals surface area contributed by atoms with E-state index in [9.17, 15) is 13.2 Å². The molecule has 25 heavy (non-hydrogen) atoms. The molecule has 1 aliphatic heterocycles. The fraction of sp³-hybridized carbons (Fsp3) is 0.706. The van der Waals surface area contributed by atoms with E-state index < -0.39 is 10.0 Å². The second-order valence-corrected chi connectivity index (χ2v) is 9.06. The van der Waals surface area contributed by atoms with E-state index in [1.807, 2.05) is 14.0 Å². The average Bonchev–Trinajstić information content (AvgIpc) is 3.26. The van der Waals surface area contributed by atoms with Crippen molar-refractivity contribution < 1.29 is 17.6 Å².